The first-order chi connectivity index (χ1) is 16.6. The Bertz CT molecular complexity index is 989. The van der Waals surface area contributed by atoms with E-state index in [4.69, 9.17) is 18.0 Å². The van der Waals surface area contributed by atoms with Gasteiger partial charge in [-0.05, 0) is 83.2 Å². The van der Waals surface area contributed by atoms with Crippen LogP contribution in [0.4, 0.5) is 0 Å². The van der Waals surface area contributed by atoms with Crippen LogP contribution in [0.5, 0.6) is 5.75 Å². The first kappa shape index (κ1) is 29.8. The molecule has 1 aromatic rings. The van der Waals surface area contributed by atoms with Crippen LogP contribution in [0.3, 0.4) is 0 Å². The molecule has 0 spiro atoms. The summed E-state index contributed by atoms with van der Waals surface area (Å²) in [6.45, 7) is 9.59. The minimum Gasteiger partial charge on any atom is -0.458 e. The molecule has 0 saturated heterocycles. The first-order valence-corrected chi connectivity index (χ1v) is 15.7. The van der Waals surface area contributed by atoms with Crippen LogP contribution < -0.4 is 4.74 Å². The van der Waals surface area contributed by atoms with Crippen LogP contribution in [0.2, 0.25) is 0 Å². The van der Waals surface area contributed by atoms with Crippen molar-refractivity contribution in [3.63, 3.8) is 0 Å². The number of aryl methyl sites for hydroxylation is 1. The zero-order valence-electron chi connectivity index (χ0n) is 21.7. The highest BCUT2D eigenvalue weighted by molar-refractivity contribution is 7.86. The van der Waals surface area contributed by atoms with E-state index in [1.807, 2.05) is 30.4 Å². The summed E-state index contributed by atoms with van der Waals surface area (Å²) in [4.78, 5) is 0. The lowest BCUT2D eigenvalue weighted by Crippen LogP contribution is -2.31. The van der Waals surface area contributed by atoms with Gasteiger partial charge in [-0.1, -0.05) is 38.0 Å². The van der Waals surface area contributed by atoms with Crippen molar-refractivity contribution in [2.75, 3.05) is 19.0 Å². The molecule has 1 atom stereocenters. The Labute approximate surface area is 211 Å². The van der Waals surface area contributed by atoms with Crippen LogP contribution in [-0.4, -0.2) is 38.6 Å². The van der Waals surface area contributed by atoms with E-state index in [0.717, 1.165) is 18.6 Å². The molecule has 0 amide bonds. The molecule has 9 heteroatoms. The van der Waals surface area contributed by atoms with Crippen molar-refractivity contribution in [2.24, 2.45) is 0 Å². The Morgan fingerprint density at radius 2 is 1.69 bits per heavy atom. The maximum Gasteiger partial charge on any atom is 0.340 e. The largest absolute Gasteiger partial charge is 0.458 e. The molecule has 0 fully saturated rings. The second kappa shape index (κ2) is 13.8. The molecule has 1 unspecified atom stereocenters. The number of rotatable bonds is 16. The molecule has 2 rings (SSSR count). The van der Waals surface area contributed by atoms with Crippen molar-refractivity contribution in [1.82, 2.24) is 0 Å². The number of unbranched alkanes of at least 4 members (excludes halogenated alkanes) is 1. The van der Waals surface area contributed by atoms with Gasteiger partial charge in [0, 0.05) is 0 Å². The average molecular weight is 529 g/mol. The van der Waals surface area contributed by atoms with Crippen molar-refractivity contribution in [1.29, 1.82) is 0 Å². The fraction of sp³-hybridized carbons (Fsp3) is 0.615. The number of ether oxygens (including phenoxy) is 1. The first-order valence-electron chi connectivity index (χ1n) is 12.5. The SMILES string of the molecule is CCCc1ccc(OC2=CCC(CCCCS(=O)(=O)OC(C)C)(P(=O)(OCC)OCC)C=C2)cc1. The minimum absolute atomic E-state index is 0.0865. The summed E-state index contributed by atoms with van der Waals surface area (Å²) < 4.78 is 60.5. The predicted molar refractivity (Wildman–Crippen MR) is 140 cm³/mol. The van der Waals surface area contributed by atoms with Crippen LogP contribution in [0.25, 0.3) is 0 Å². The minimum atomic E-state index is -3.59. The Balaban J connectivity index is 2.14. The molecule has 0 heterocycles. The van der Waals surface area contributed by atoms with Crippen molar-refractivity contribution < 1.29 is 31.0 Å². The molecule has 1 aliphatic rings. The summed E-state index contributed by atoms with van der Waals surface area (Å²) in [5.74, 6) is 1.31. The van der Waals surface area contributed by atoms with Crippen LogP contribution in [0, 0.1) is 0 Å². The smallest absolute Gasteiger partial charge is 0.340 e. The van der Waals surface area contributed by atoms with Crippen molar-refractivity contribution >= 4 is 17.7 Å². The van der Waals surface area contributed by atoms with E-state index in [9.17, 15) is 13.0 Å². The second-order valence-electron chi connectivity index (χ2n) is 8.94. The van der Waals surface area contributed by atoms with Gasteiger partial charge >= 0.3 is 7.60 Å². The van der Waals surface area contributed by atoms with Gasteiger partial charge in [0.1, 0.15) is 11.5 Å². The summed E-state index contributed by atoms with van der Waals surface area (Å²) in [5, 5.41) is -0.889. The number of allylic oxidation sites excluding steroid dienone is 3. The summed E-state index contributed by atoms with van der Waals surface area (Å²) in [7, 11) is -7.11. The Morgan fingerprint density at radius 3 is 2.20 bits per heavy atom. The van der Waals surface area contributed by atoms with E-state index in [-0.39, 0.29) is 19.0 Å². The van der Waals surface area contributed by atoms with Gasteiger partial charge in [-0.3, -0.25) is 8.75 Å². The van der Waals surface area contributed by atoms with Crippen LogP contribution in [0.15, 0.2) is 48.3 Å². The zero-order chi connectivity index (χ0) is 26.0. The fourth-order valence-electron chi connectivity index (χ4n) is 4.09. The van der Waals surface area contributed by atoms with Crippen molar-refractivity contribution in [3.8, 4) is 5.75 Å². The van der Waals surface area contributed by atoms with Gasteiger partial charge < -0.3 is 13.8 Å². The average Bonchev–Trinajstić information content (AvgIpc) is 2.79. The third kappa shape index (κ3) is 8.87. The van der Waals surface area contributed by atoms with Gasteiger partial charge in [0.05, 0.1) is 30.2 Å². The Morgan fingerprint density at radius 1 is 1.03 bits per heavy atom. The predicted octanol–water partition coefficient (Wildman–Crippen LogP) is 6.79. The topological polar surface area (TPSA) is 88.1 Å². The molecule has 7 nitrogen and oxygen atoms in total. The van der Waals surface area contributed by atoms with Gasteiger partial charge in [0.15, 0.2) is 0 Å². The summed E-state index contributed by atoms with van der Waals surface area (Å²) in [6, 6.07) is 8.02. The van der Waals surface area contributed by atoms with Gasteiger partial charge in [0.2, 0.25) is 0 Å². The summed E-state index contributed by atoms with van der Waals surface area (Å²) in [6.07, 6.45) is 9.07. The van der Waals surface area contributed by atoms with E-state index in [1.165, 1.54) is 5.56 Å². The third-order valence-corrected chi connectivity index (χ3v) is 9.96. The molecular formula is C26H41O7PS. The molecular weight excluding hydrogens is 487 g/mol. The highest BCUT2D eigenvalue weighted by Crippen LogP contribution is 2.65. The maximum absolute atomic E-state index is 13.9. The van der Waals surface area contributed by atoms with Gasteiger partial charge in [-0.25, -0.2) is 0 Å². The van der Waals surface area contributed by atoms with Crippen LogP contribution >= 0.6 is 7.60 Å². The summed E-state index contributed by atoms with van der Waals surface area (Å²) >= 11 is 0. The monoisotopic (exact) mass is 528 g/mol. The Hall–Kier alpha value is -1.44. The van der Waals surface area contributed by atoms with E-state index >= 15 is 0 Å². The standard InChI is InChI=1S/C26H41O7PS/c1-6-11-23-12-14-24(15-13-23)32-25-16-19-26(20-17-25,34(27,30-7-2)31-8-3)18-9-10-21-35(28,29)33-22(4)5/h12-17,19,22H,6-11,18,20-21H2,1-5H3. The van der Waals surface area contributed by atoms with Crippen molar-refractivity contribution in [2.45, 2.75) is 84.4 Å². The molecule has 198 valence electrons. The van der Waals surface area contributed by atoms with Crippen LogP contribution in [0.1, 0.15) is 72.3 Å². The molecule has 0 radical (unpaired) electrons. The molecule has 0 N–H and O–H groups in total. The fourth-order valence-corrected chi connectivity index (χ4v) is 7.60. The number of benzene rings is 1. The summed E-state index contributed by atoms with van der Waals surface area (Å²) in [5.41, 5.74) is 1.27. The normalized spacial score (nSPS) is 18.6. The molecule has 0 aliphatic heterocycles. The van der Waals surface area contributed by atoms with Gasteiger partial charge in [-0.15, -0.1) is 0 Å². The number of hydrogen-bond donors (Lipinski definition) is 0. The second-order valence-corrected chi connectivity index (χ2v) is 13.1. The lowest BCUT2D eigenvalue weighted by Gasteiger charge is -2.37. The molecule has 0 saturated carbocycles. The Kier molecular flexibility index (Phi) is 11.7. The van der Waals surface area contributed by atoms with E-state index in [1.54, 1.807) is 27.7 Å². The number of hydrogen-bond acceptors (Lipinski definition) is 7. The molecule has 0 aromatic heterocycles. The zero-order valence-corrected chi connectivity index (χ0v) is 23.4. The van der Waals surface area contributed by atoms with Crippen LogP contribution in [-0.2, 0) is 34.3 Å². The molecule has 35 heavy (non-hydrogen) atoms. The lowest BCUT2D eigenvalue weighted by molar-refractivity contribution is 0.199. The van der Waals surface area contributed by atoms with E-state index < -0.39 is 29.0 Å². The van der Waals surface area contributed by atoms with Gasteiger partial charge in [0.25, 0.3) is 10.1 Å². The molecule has 1 aliphatic carbocycles. The third-order valence-electron chi connectivity index (χ3n) is 5.65. The quantitative estimate of drug-likeness (QED) is 0.133. The highest BCUT2D eigenvalue weighted by atomic mass is 32.2. The lowest BCUT2D eigenvalue weighted by atomic mass is 9.93. The molecule has 1 aromatic carbocycles. The van der Waals surface area contributed by atoms with Crippen molar-refractivity contribution in [3.05, 3.63) is 53.8 Å². The highest BCUT2D eigenvalue weighted by Gasteiger charge is 2.49. The van der Waals surface area contributed by atoms with E-state index in [0.29, 0.717) is 31.4 Å². The van der Waals surface area contributed by atoms with Gasteiger partial charge in [-0.2, -0.15) is 8.42 Å². The van der Waals surface area contributed by atoms with E-state index in [2.05, 4.69) is 19.1 Å². The molecule has 0 bridgehead atoms. The maximum atomic E-state index is 13.9.